The number of nitrogens with one attached hydrogen (secondary N) is 2. The summed E-state index contributed by atoms with van der Waals surface area (Å²) in [5, 5.41) is 16.5. The number of hydrogen-bond acceptors (Lipinski definition) is 10. The van der Waals surface area contributed by atoms with Crippen LogP contribution >= 0.6 is 48.2 Å². The van der Waals surface area contributed by atoms with Crippen LogP contribution in [-0.2, 0) is 23.0 Å². The lowest BCUT2D eigenvalue weighted by Crippen LogP contribution is -2.54. The number of carbonyl (C=O) groups is 1. The molecule has 0 aromatic heterocycles. The predicted octanol–water partition coefficient (Wildman–Crippen LogP) is 10.4. The fraction of sp³-hybridized carbons (Fsp3) is 0.354. The lowest BCUT2D eigenvalue weighted by Gasteiger charge is -2.46. The van der Waals surface area contributed by atoms with Crippen LogP contribution in [0, 0.1) is 10.1 Å². The van der Waals surface area contributed by atoms with Crippen molar-refractivity contribution in [3.8, 4) is 11.1 Å². The average molecular weight is 966 g/mol. The van der Waals surface area contributed by atoms with E-state index >= 15 is 0 Å². The minimum absolute atomic E-state index is 0. The maximum atomic E-state index is 13.6. The quantitative estimate of drug-likeness (QED) is 0.0595. The van der Waals surface area contributed by atoms with E-state index in [9.17, 15) is 23.3 Å². The smallest absolute Gasteiger partial charge is 0.293 e. The molecule has 340 valence electrons. The Balaban J connectivity index is 0.00000340. The number of amides is 1. The molecule has 64 heavy (non-hydrogen) atoms. The lowest BCUT2D eigenvalue weighted by molar-refractivity contribution is -0.384. The van der Waals surface area contributed by atoms with Gasteiger partial charge in [0.15, 0.2) is 0 Å². The molecule has 0 aliphatic carbocycles. The third kappa shape index (κ3) is 12.3. The van der Waals surface area contributed by atoms with Crippen molar-refractivity contribution in [2.24, 2.45) is 0 Å². The summed E-state index contributed by atoms with van der Waals surface area (Å²) in [6, 6.07) is 35.8. The van der Waals surface area contributed by atoms with Crippen molar-refractivity contribution in [3.05, 3.63) is 147 Å². The van der Waals surface area contributed by atoms with Crippen LogP contribution in [0.5, 0.6) is 0 Å². The Hall–Kier alpha value is -4.34. The van der Waals surface area contributed by atoms with Crippen LogP contribution in [0.1, 0.15) is 60.0 Å². The number of aryl methyl sites for hydroxylation is 1. The number of sulfonamides is 1. The Bertz CT molecular complexity index is 2480. The summed E-state index contributed by atoms with van der Waals surface area (Å²) in [5.74, 6) is -0.112. The molecule has 2 fully saturated rings. The van der Waals surface area contributed by atoms with E-state index in [1.807, 2.05) is 48.5 Å². The number of hydrogen-bond donors (Lipinski definition) is 2. The number of halogens is 3. The Morgan fingerprint density at radius 2 is 1.58 bits per heavy atom. The Kier molecular flexibility index (Phi) is 17.4. The maximum Gasteiger partial charge on any atom is 0.293 e. The highest BCUT2D eigenvalue weighted by Crippen LogP contribution is 2.35. The highest BCUT2D eigenvalue weighted by Gasteiger charge is 2.33. The molecule has 5 aromatic carbocycles. The van der Waals surface area contributed by atoms with Gasteiger partial charge in [-0.25, -0.2) is 13.1 Å². The van der Waals surface area contributed by atoms with Crippen molar-refractivity contribution < 1.29 is 18.1 Å². The van der Waals surface area contributed by atoms with Gasteiger partial charge in [0.2, 0.25) is 0 Å². The summed E-state index contributed by atoms with van der Waals surface area (Å²) in [7, 11) is -4.44. The SMILES string of the molecule is Cl.Cl.O=C(NS(=O)(=O)c1ccc(N[C@H](CCN2CCCCCC2)CSc2ccccc2)c([N+](=O)[O-])c1)c1ccc2c(c1)CC[C@@H]1CN(Cc3ccccc3-c3ccc(Cl)cc3)CCN21. The number of nitro groups is 1. The van der Waals surface area contributed by atoms with Gasteiger partial charge in [-0.3, -0.25) is 19.8 Å². The summed E-state index contributed by atoms with van der Waals surface area (Å²) < 4.78 is 29.5. The van der Waals surface area contributed by atoms with Crippen LogP contribution in [0.15, 0.2) is 125 Å². The second-order valence-electron chi connectivity index (χ2n) is 16.5. The first-order valence-electron chi connectivity index (χ1n) is 21.6. The minimum atomic E-state index is -4.44. The molecule has 16 heteroatoms. The van der Waals surface area contributed by atoms with E-state index in [1.54, 1.807) is 23.9 Å². The molecule has 0 bridgehead atoms. The number of piperazine rings is 1. The molecule has 0 saturated carbocycles. The van der Waals surface area contributed by atoms with Crippen LogP contribution in [0.3, 0.4) is 0 Å². The molecular formula is C48H55Cl3N6O5S2. The third-order valence-electron chi connectivity index (χ3n) is 12.3. The largest absolute Gasteiger partial charge is 0.376 e. The van der Waals surface area contributed by atoms with Crippen molar-refractivity contribution in [2.45, 2.75) is 73.4 Å². The number of rotatable bonds is 15. The molecule has 1 amide bonds. The molecule has 3 aliphatic rings. The number of benzene rings is 5. The van der Waals surface area contributed by atoms with Crippen LogP contribution in [-0.4, -0.2) is 86.2 Å². The topological polar surface area (TPSA) is 128 Å². The van der Waals surface area contributed by atoms with E-state index in [2.05, 4.69) is 61.1 Å². The monoisotopic (exact) mass is 964 g/mol. The minimum Gasteiger partial charge on any atom is -0.376 e. The number of thioether (sulfide) groups is 1. The van der Waals surface area contributed by atoms with Gasteiger partial charge in [-0.15, -0.1) is 36.6 Å². The van der Waals surface area contributed by atoms with Crippen molar-refractivity contribution in [1.82, 2.24) is 14.5 Å². The maximum absolute atomic E-state index is 13.6. The first kappa shape index (κ1) is 49.1. The average Bonchev–Trinajstić information content (AvgIpc) is 3.57. The lowest BCUT2D eigenvalue weighted by atomic mass is 9.92. The van der Waals surface area contributed by atoms with Gasteiger partial charge in [0, 0.05) is 77.8 Å². The fourth-order valence-electron chi connectivity index (χ4n) is 8.99. The van der Waals surface area contributed by atoms with E-state index in [0.29, 0.717) is 16.8 Å². The highest BCUT2D eigenvalue weighted by atomic mass is 35.5. The van der Waals surface area contributed by atoms with Crippen LogP contribution in [0.25, 0.3) is 11.1 Å². The van der Waals surface area contributed by atoms with Gasteiger partial charge < -0.3 is 15.1 Å². The first-order valence-corrected chi connectivity index (χ1v) is 24.4. The zero-order chi connectivity index (χ0) is 43.1. The predicted molar refractivity (Wildman–Crippen MR) is 264 cm³/mol. The van der Waals surface area contributed by atoms with Crippen molar-refractivity contribution in [2.75, 3.05) is 55.2 Å². The molecular weight excluding hydrogens is 911 g/mol. The van der Waals surface area contributed by atoms with Crippen LogP contribution in [0.4, 0.5) is 17.1 Å². The molecule has 2 N–H and O–H groups in total. The van der Waals surface area contributed by atoms with Gasteiger partial charge in [0.1, 0.15) is 5.69 Å². The van der Waals surface area contributed by atoms with Crippen molar-refractivity contribution in [1.29, 1.82) is 0 Å². The highest BCUT2D eigenvalue weighted by molar-refractivity contribution is 7.99. The summed E-state index contributed by atoms with van der Waals surface area (Å²) in [4.78, 5) is 33.5. The van der Waals surface area contributed by atoms with E-state index in [0.717, 1.165) is 92.9 Å². The van der Waals surface area contributed by atoms with Crippen molar-refractivity contribution >= 4 is 81.2 Å². The summed E-state index contributed by atoms with van der Waals surface area (Å²) in [6.07, 6.45) is 7.24. The molecule has 3 heterocycles. The van der Waals surface area contributed by atoms with E-state index in [1.165, 1.54) is 48.9 Å². The van der Waals surface area contributed by atoms with Gasteiger partial charge in [-0.1, -0.05) is 79.0 Å². The van der Waals surface area contributed by atoms with Gasteiger partial charge in [-0.05, 0) is 122 Å². The number of anilines is 2. The van der Waals surface area contributed by atoms with Crippen LogP contribution < -0.4 is 14.9 Å². The number of fused-ring (bicyclic) bond motifs is 3. The Morgan fingerprint density at radius 1 is 0.844 bits per heavy atom. The molecule has 0 unspecified atom stereocenters. The number of nitro benzene ring substituents is 1. The molecule has 11 nitrogen and oxygen atoms in total. The summed E-state index contributed by atoms with van der Waals surface area (Å²) in [5.41, 5.74) is 5.77. The van der Waals surface area contributed by atoms with Gasteiger partial charge in [0.05, 0.1) is 9.82 Å². The molecule has 3 aliphatic heterocycles. The zero-order valence-corrected chi connectivity index (χ0v) is 39.6. The number of carbonyl (C=O) groups excluding carboxylic acids is 1. The molecule has 0 spiro atoms. The molecule has 0 radical (unpaired) electrons. The molecule has 2 atom stereocenters. The zero-order valence-electron chi connectivity index (χ0n) is 35.6. The van der Waals surface area contributed by atoms with Crippen LogP contribution in [0.2, 0.25) is 5.02 Å². The third-order valence-corrected chi connectivity index (χ3v) is 15.0. The van der Waals surface area contributed by atoms with E-state index in [4.69, 9.17) is 11.6 Å². The standard InChI is InChI=1S/C48H53ClN6O5S2.2ClH/c49-39-18-14-35(15-19-39)44-13-7-6-10-38(44)32-53-28-29-54-41(33-53)20-16-36-30-37(17-23-46(36)54)48(56)51-62(59,60)43-21-22-45(47(31-43)55(57)58)50-40(34-61-42-11-4-3-5-12-42)24-27-52-25-8-1-2-9-26-52;;/h3-7,10-15,17-19,21-23,30-31,40-41,50H,1-2,8-9,16,20,24-29,32-34H2,(H,51,56);2*1H/t40-,41-;;/m1../s1. The first-order chi connectivity index (χ1) is 30.1. The fourth-order valence-corrected chi connectivity index (χ4v) is 11.1. The second-order valence-corrected chi connectivity index (χ2v) is 19.7. The Labute approximate surface area is 398 Å². The number of likely N-dealkylation sites (tertiary alicyclic amines) is 1. The summed E-state index contributed by atoms with van der Waals surface area (Å²) in [6.45, 7) is 6.39. The van der Waals surface area contributed by atoms with Gasteiger partial charge in [0.25, 0.3) is 21.6 Å². The van der Waals surface area contributed by atoms with E-state index < -0.39 is 20.9 Å². The molecule has 5 aromatic rings. The molecule has 8 rings (SSSR count). The Morgan fingerprint density at radius 3 is 2.33 bits per heavy atom. The summed E-state index contributed by atoms with van der Waals surface area (Å²) >= 11 is 7.84. The normalized spacial score (nSPS) is 17.1. The van der Waals surface area contributed by atoms with Crippen molar-refractivity contribution in [3.63, 3.8) is 0 Å². The van der Waals surface area contributed by atoms with Gasteiger partial charge in [-0.2, -0.15) is 0 Å². The molecule has 2 saturated heterocycles. The number of nitrogens with zero attached hydrogens (tertiary/aromatic N) is 4. The van der Waals surface area contributed by atoms with E-state index in [-0.39, 0.29) is 52.7 Å². The second kappa shape index (κ2) is 22.7. The van der Waals surface area contributed by atoms with Gasteiger partial charge >= 0.3 is 0 Å².